The summed E-state index contributed by atoms with van der Waals surface area (Å²) < 4.78 is 5.59. The van der Waals surface area contributed by atoms with E-state index in [0.29, 0.717) is 30.4 Å². The molecular weight excluding hydrogens is 424 g/mol. The summed E-state index contributed by atoms with van der Waals surface area (Å²) in [7, 11) is 0. The van der Waals surface area contributed by atoms with Crippen LogP contribution in [0.5, 0.6) is 5.75 Å². The van der Waals surface area contributed by atoms with Gasteiger partial charge in [0.1, 0.15) is 11.6 Å². The number of rotatable bonds is 9. The second-order valence-corrected chi connectivity index (χ2v) is 8.01. The van der Waals surface area contributed by atoms with Crippen LogP contribution in [0, 0.1) is 6.92 Å². The van der Waals surface area contributed by atoms with E-state index >= 15 is 0 Å². The van der Waals surface area contributed by atoms with Gasteiger partial charge in [-0.25, -0.2) is 9.97 Å². The average molecular weight is 453 g/mol. The van der Waals surface area contributed by atoms with Crippen LogP contribution in [0.1, 0.15) is 34.8 Å². The first-order valence-electron chi connectivity index (χ1n) is 11.4. The second-order valence-electron chi connectivity index (χ2n) is 8.01. The predicted molar refractivity (Wildman–Crippen MR) is 135 cm³/mol. The number of hydrogen-bond acceptors (Lipinski definition) is 5. The van der Waals surface area contributed by atoms with Crippen molar-refractivity contribution in [3.8, 4) is 17.1 Å². The molecule has 4 aromatic rings. The highest BCUT2D eigenvalue weighted by atomic mass is 16.5. The van der Waals surface area contributed by atoms with Crippen LogP contribution in [-0.2, 0) is 6.54 Å². The first-order chi connectivity index (χ1) is 16.6. The maximum absolute atomic E-state index is 12.5. The number of ether oxygens (including phenoxy) is 1. The number of aromatic nitrogens is 2. The number of anilines is 2. The number of hydrogen-bond donors (Lipinski definition) is 2. The third-order valence-corrected chi connectivity index (χ3v) is 5.23. The molecule has 0 spiro atoms. The zero-order valence-electron chi connectivity index (χ0n) is 19.4. The van der Waals surface area contributed by atoms with E-state index in [1.54, 1.807) is 18.3 Å². The van der Waals surface area contributed by atoms with Crippen molar-refractivity contribution in [1.82, 2.24) is 15.3 Å². The third-order valence-electron chi connectivity index (χ3n) is 5.23. The van der Waals surface area contributed by atoms with Crippen LogP contribution in [0.3, 0.4) is 0 Å². The van der Waals surface area contributed by atoms with Gasteiger partial charge in [0.05, 0.1) is 6.61 Å². The summed E-state index contributed by atoms with van der Waals surface area (Å²) >= 11 is 0. The fourth-order valence-corrected chi connectivity index (χ4v) is 3.33. The maximum Gasteiger partial charge on any atom is 0.251 e. The summed E-state index contributed by atoms with van der Waals surface area (Å²) in [6.07, 6.45) is 2.70. The normalized spacial score (nSPS) is 10.5. The number of benzene rings is 3. The van der Waals surface area contributed by atoms with Gasteiger partial charge < -0.3 is 15.4 Å². The van der Waals surface area contributed by atoms with Gasteiger partial charge >= 0.3 is 0 Å². The van der Waals surface area contributed by atoms with E-state index in [0.717, 1.165) is 29.0 Å². The van der Waals surface area contributed by atoms with E-state index in [-0.39, 0.29) is 5.91 Å². The number of carbonyl (C=O) groups excluding carboxylic acids is 1. The Hall–Kier alpha value is -4.19. The Bertz CT molecular complexity index is 1220. The van der Waals surface area contributed by atoms with Gasteiger partial charge in [0, 0.05) is 29.6 Å². The third kappa shape index (κ3) is 6.19. The summed E-state index contributed by atoms with van der Waals surface area (Å²) in [5.41, 5.74) is 4.61. The molecule has 1 aromatic heterocycles. The Morgan fingerprint density at radius 1 is 0.912 bits per heavy atom. The molecule has 0 saturated carbocycles. The van der Waals surface area contributed by atoms with Crippen LogP contribution >= 0.6 is 0 Å². The summed E-state index contributed by atoms with van der Waals surface area (Å²) in [5, 5.41) is 6.23. The maximum atomic E-state index is 12.5. The van der Waals surface area contributed by atoms with E-state index < -0.39 is 0 Å². The van der Waals surface area contributed by atoms with Gasteiger partial charge in [-0.15, -0.1) is 0 Å². The SMILES string of the molecule is CCCOc1ccc(CNC(=O)c2ccc(Nc3ccnc(-c4ccc(C)cc4)n3)cc2)cc1. The lowest BCUT2D eigenvalue weighted by Crippen LogP contribution is -2.22. The molecule has 6 nitrogen and oxygen atoms in total. The zero-order chi connectivity index (χ0) is 23.8. The molecule has 0 atom stereocenters. The van der Waals surface area contributed by atoms with Gasteiger partial charge in [0.25, 0.3) is 5.91 Å². The van der Waals surface area contributed by atoms with Crippen molar-refractivity contribution in [3.05, 3.63) is 102 Å². The molecule has 0 radical (unpaired) electrons. The molecule has 4 rings (SSSR count). The van der Waals surface area contributed by atoms with Crippen molar-refractivity contribution in [1.29, 1.82) is 0 Å². The molecule has 0 saturated heterocycles. The van der Waals surface area contributed by atoms with Crippen molar-refractivity contribution in [2.45, 2.75) is 26.8 Å². The van der Waals surface area contributed by atoms with Gasteiger partial charge in [-0.1, -0.05) is 48.9 Å². The van der Waals surface area contributed by atoms with E-state index in [1.807, 2.05) is 73.7 Å². The van der Waals surface area contributed by atoms with Crippen LogP contribution in [0.15, 0.2) is 85.1 Å². The first-order valence-corrected chi connectivity index (χ1v) is 11.4. The van der Waals surface area contributed by atoms with Crippen molar-refractivity contribution in [2.75, 3.05) is 11.9 Å². The second kappa shape index (κ2) is 11.1. The Morgan fingerprint density at radius 3 is 2.35 bits per heavy atom. The van der Waals surface area contributed by atoms with Crippen molar-refractivity contribution >= 4 is 17.4 Å². The van der Waals surface area contributed by atoms with Crippen LogP contribution in [0.25, 0.3) is 11.4 Å². The molecule has 2 N–H and O–H groups in total. The Morgan fingerprint density at radius 2 is 1.65 bits per heavy atom. The average Bonchev–Trinajstić information content (AvgIpc) is 2.88. The minimum atomic E-state index is -0.124. The monoisotopic (exact) mass is 452 g/mol. The van der Waals surface area contributed by atoms with Crippen LogP contribution in [-0.4, -0.2) is 22.5 Å². The molecule has 0 fully saturated rings. The van der Waals surface area contributed by atoms with E-state index in [9.17, 15) is 4.79 Å². The Labute approximate surface area is 200 Å². The zero-order valence-corrected chi connectivity index (χ0v) is 19.4. The lowest BCUT2D eigenvalue weighted by atomic mass is 10.1. The van der Waals surface area contributed by atoms with Gasteiger partial charge in [-0.05, 0) is 61.4 Å². The minimum absolute atomic E-state index is 0.124. The highest BCUT2D eigenvalue weighted by Gasteiger charge is 2.07. The van der Waals surface area contributed by atoms with E-state index in [4.69, 9.17) is 4.74 Å². The standard InChI is InChI=1S/C28H28N4O2/c1-3-18-34-25-14-6-21(7-15-25)19-30-28(33)23-10-12-24(13-11-23)31-26-16-17-29-27(32-26)22-8-4-20(2)5-9-22/h4-17H,3,18-19H2,1-2H3,(H,30,33)(H,29,31,32). The highest BCUT2D eigenvalue weighted by molar-refractivity contribution is 5.94. The smallest absolute Gasteiger partial charge is 0.251 e. The molecule has 6 heteroatoms. The summed E-state index contributed by atoms with van der Waals surface area (Å²) in [6, 6.07) is 25.0. The Kier molecular flexibility index (Phi) is 7.50. The molecule has 172 valence electrons. The summed E-state index contributed by atoms with van der Waals surface area (Å²) in [5.74, 6) is 2.07. The van der Waals surface area contributed by atoms with Gasteiger partial charge in [0.2, 0.25) is 0 Å². The lowest BCUT2D eigenvalue weighted by Gasteiger charge is -2.09. The summed E-state index contributed by atoms with van der Waals surface area (Å²) in [4.78, 5) is 21.5. The van der Waals surface area contributed by atoms with Crippen molar-refractivity contribution in [2.24, 2.45) is 0 Å². The predicted octanol–water partition coefficient (Wildman–Crippen LogP) is 5.91. The molecule has 1 amide bonds. The molecule has 0 unspecified atom stereocenters. The quantitative estimate of drug-likeness (QED) is 0.330. The molecule has 1 heterocycles. The molecule has 34 heavy (non-hydrogen) atoms. The number of amides is 1. The number of nitrogens with zero attached hydrogens (tertiary/aromatic N) is 2. The fraction of sp³-hybridized carbons (Fsp3) is 0.179. The molecule has 0 aliphatic carbocycles. The highest BCUT2D eigenvalue weighted by Crippen LogP contribution is 2.20. The van der Waals surface area contributed by atoms with Crippen LogP contribution < -0.4 is 15.4 Å². The van der Waals surface area contributed by atoms with Gasteiger partial charge in [-0.2, -0.15) is 0 Å². The first kappa shape index (κ1) is 23.0. The fourth-order valence-electron chi connectivity index (χ4n) is 3.33. The van der Waals surface area contributed by atoms with E-state index in [1.165, 1.54) is 5.56 Å². The van der Waals surface area contributed by atoms with Crippen molar-refractivity contribution in [3.63, 3.8) is 0 Å². The molecule has 0 aliphatic rings. The minimum Gasteiger partial charge on any atom is -0.494 e. The largest absolute Gasteiger partial charge is 0.494 e. The molecular formula is C28H28N4O2. The molecule has 0 aliphatic heterocycles. The van der Waals surface area contributed by atoms with E-state index in [2.05, 4.69) is 27.5 Å². The lowest BCUT2D eigenvalue weighted by molar-refractivity contribution is 0.0951. The topological polar surface area (TPSA) is 76.1 Å². The van der Waals surface area contributed by atoms with Gasteiger partial charge in [-0.3, -0.25) is 4.79 Å². The van der Waals surface area contributed by atoms with Crippen LogP contribution in [0.4, 0.5) is 11.5 Å². The molecule has 0 bridgehead atoms. The molecule has 3 aromatic carbocycles. The number of aryl methyl sites for hydroxylation is 1. The van der Waals surface area contributed by atoms with Crippen LogP contribution in [0.2, 0.25) is 0 Å². The number of nitrogens with one attached hydrogen (secondary N) is 2. The van der Waals surface area contributed by atoms with Crippen molar-refractivity contribution < 1.29 is 9.53 Å². The summed E-state index contributed by atoms with van der Waals surface area (Å²) in [6.45, 7) is 5.28. The Balaban J connectivity index is 1.33. The number of carbonyl (C=O) groups is 1. The van der Waals surface area contributed by atoms with Gasteiger partial charge in [0.15, 0.2) is 5.82 Å².